The Morgan fingerprint density at radius 2 is 2.21 bits per heavy atom. The zero-order chi connectivity index (χ0) is 13.8. The van der Waals surface area contributed by atoms with E-state index in [1.165, 1.54) is 17.7 Å². The van der Waals surface area contributed by atoms with Crippen molar-refractivity contribution in [1.29, 1.82) is 0 Å². The van der Waals surface area contributed by atoms with Crippen molar-refractivity contribution in [1.82, 2.24) is 15.6 Å². The molecule has 2 rings (SSSR count). The first-order chi connectivity index (χ1) is 9.08. The number of hydrogen-bond acceptors (Lipinski definition) is 4. The Morgan fingerprint density at radius 1 is 1.42 bits per heavy atom. The Morgan fingerprint density at radius 3 is 2.89 bits per heavy atom. The molecular weight excluding hydrogens is 258 g/mol. The van der Waals surface area contributed by atoms with Gasteiger partial charge in [0.1, 0.15) is 0 Å². The number of nitrogens with zero attached hydrogens (tertiary/aromatic N) is 1. The SMILES string of the molecule is Cc1nc(C)c(C(C)NC(=O)C2CCCCCN2)s1. The lowest BCUT2D eigenvalue weighted by Gasteiger charge is -2.19. The van der Waals surface area contributed by atoms with Crippen LogP contribution in [0, 0.1) is 13.8 Å². The van der Waals surface area contributed by atoms with E-state index in [9.17, 15) is 4.79 Å². The van der Waals surface area contributed by atoms with Crippen LogP contribution in [0.2, 0.25) is 0 Å². The summed E-state index contributed by atoms with van der Waals surface area (Å²) in [5.41, 5.74) is 1.03. The van der Waals surface area contributed by atoms with Gasteiger partial charge in [-0.3, -0.25) is 4.79 Å². The lowest BCUT2D eigenvalue weighted by molar-refractivity contribution is -0.123. The van der Waals surface area contributed by atoms with Crippen molar-refractivity contribution in [2.45, 2.75) is 58.5 Å². The smallest absolute Gasteiger partial charge is 0.237 e. The molecule has 1 amide bonds. The second kappa shape index (κ2) is 6.48. The Kier molecular flexibility index (Phi) is 4.93. The first-order valence-corrected chi connectivity index (χ1v) is 7.87. The summed E-state index contributed by atoms with van der Waals surface area (Å²) < 4.78 is 0. The van der Waals surface area contributed by atoms with Crippen LogP contribution in [-0.2, 0) is 4.79 Å². The van der Waals surface area contributed by atoms with Gasteiger partial charge in [-0.25, -0.2) is 4.98 Å². The number of carbonyl (C=O) groups is 1. The number of rotatable bonds is 3. The second-order valence-electron chi connectivity index (χ2n) is 5.27. The molecule has 0 radical (unpaired) electrons. The van der Waals surface area contributed by atoms with E-state index in [4.69, 9.17) is 0 Å². The molecule has 2 atom stereocenters. The Labute approximate surface area is 119 Å². The van der Waals surface area contributed by atoms with Gasteiger partial charge >= 0.3 is 0 Å². The molecule has 0 aromatic carbocycles. The van der Waals surface area contributed by atoms with Crippen LogP contribution in [0.15, 0.2) is 0 Å². The molecule has 0 spiro atoms. The average Bonchev–Trinajstić information content (AvgIpc) is 2.58. The van der Waals surface area contributed by atoms with Crippen LogP contribution in [0.5, 0.6) is 0 Å². The molecule has 5 heteroatoms. The summed E-state index contributed by atoms with van der Waals surface area (Å²) in [6.07, 6.45) is 4.48. The third kappa shape index (κ3) is 3.76. The number of hydrogen-bond donors (Lipinski definition) is 2. The summed E-state index contributed by atoms with van der Waals surface area (Å²) in [5, 5.41) is 7.51. The molecule has 1 saturated heterocycles. The maximum Gasteiger partial charge on any atom is 0.237 e. The number of carbonyl (C=O) groups excluding carboxylic acids is 1. The molecule has 2 N–H and O–H groups in total. The molecule has 106 valence electrons. The molecule has 4 nitrogen and oxygen atoms in total. The second-order valence-corrected chi connectivity index (χ2v) is 6.50. The first kappa shape index (κ1) is 14.5. The van der Waals surface area contributed by atoms with Crippen LogP contribution in [0.1, 0.15) is 54.2 Å². The number of aryl methyl sites for hydroxylation is 2. The number of amides is 1. The molecule has 2 heterocycles. The Balaban J connectivity index is 1.96. The molecule has 0 saturated carbocycles. The van der Waals surface area contributed by atoms with Gasteiger partial charge in [0.05, 0.1) is 22.8 Å². The van der Waals surface area contributed by atoms with E-state index in [1.54, 1.807) is 11.3 Å². The highest BCUT2D eigenvalue weighted by molar-refractivity contribution is 7.11. The van der Waals surface area contributed by atoms with Crippen molar-refractivity contribution in [3.05, 3.63) is 15.6 Å². The molecule has 1 aliphatic rings. The summed E-state index contributed by atoms with van der Waals surface area (Å²) in [6.45, 7) is 6.99. The molecule has 1 aromatic heterocycles. The van der Waals surface area contributed by atoms with Crippen LogP contribution >= 0.6 is 11.3 Å². The van der Waals surface area contributed by atoms with Crippen LogP contribution in [0.25, 0.3) is 0 Å². The molecular formula is C14H23N3OS. The highest BCUT2D eigenvalue weighted by Crippen LogP contribution is 2.24. The summed E-state index contributed by atoms with van der Waals surface area (Å²) in [6, 6.07) is 0.0167. The van der Waals surface area contributed by atoms with E-state index in [2.05, 4.69) is 15.6 Å². The molecule has 1 fully saturated rings. The van der Waals surface area contributed by atoms with E-state index in [0.717, 1.165) is 30.1 Å². The van der Waals surface area contributed by atoms with Crippen LogP contribution in [-0.4, -0.2) is 23.5 Å². The minimum Gasteiger partial charge on any atom is -0.347 e. The van der Waals surface area contributed by atoms with Crippen molar-refractivity contribution in [2.24, 2.45) is 0 Å². The van der Waals surface area contributed by atoms with E-state index >= 15 is 0 Å². The van der Waals surface area contributed by atoms with Crippen LogP contribution in [0.3, 0.4) is 0 Å². The third-order valence-corrected chi connectivity index (χ3v) is 4.82. The van der Waals surface area contributed by atoms with E-state index in [-0.39, 0.29) is 18.0 Å². The average molecular weight is 281 g/mol. The zero-order valence-electron chi connectivity index (χ0n) is 12.0. The minimum atomic E-state index is -0.0284. The van der Waals surface area contributed by atoms with Crippen molar-refractivity contribution in [3.63, 3.8) is 0 Å². The van der Waals surface area contributed by atoms with Gasteiger partial charge in [-0.05, 0) is 40.2 Å². The van der Waals surface area contributed by atoms with E-state index < -0.39 is 0 Å². The maximum absolute atomic E-state index is 12.3. The standard InChI is InChI=1S/C14H23N3OS/c1-9-13(19-11(3)16-9)10(2)17-14(18)12-7-5-4-6-8-15-12/h10,12,15H,4-8H2,1-3H3,(H,17,18). The number of aromatic nitrogens is 1. The van der Waals surface area contributed by atoms with Crippen LogP contribution in [0.4, 0.5) is 0 Å². The summed E-state index contributed by atoms with van der Waals surface area (Å²) >= 11 is 1.67. The summed E-state index contributed by atoms with van der Waals surface area (Å²) in [5.74, 6) is 0.125. The molecule has 2 unspecified atom stereocenters. The van der Waals surface area contributed by atoms with Crippen molar-refractivity contribution < 1.29 is 4.79 Å². The normalized spacial score (nSPS) is 21.7. The Bertz CT molecular complexity index is 436. The monoisotopic (exact) mass is 281 g/mol. The van der Waals surface area contributed by atoms with E-state index in [0.29, 0.717) is 0 Å². The van der Waals surface area contributed by atoms with Gasteiger partial charge in [0.2, 0.25) is 5.91 Å². The molecule has 1 aromatic rings. The highest BCUT2D eigenvalue weighted by Gasteiger charge is 2.22. The topological polar surface area (TPSA) is 54.0 Å². The van der Waals surface area contributed by atoms with Crippen LogP contribution < -0.4 is 10.6 Å². The van der Waals surface area contributed by atoms with Crippen molar-refractivity contribution in [2.75, 3.05) is 6.54 Å². The van der Waals surface area contributed by atoms with Gasteiger partial charge in [-0.1, -0.05) is 12.8 Å². The van der Waals surface area contributed by atoms with Gasteiger partial charge in [0.15, 0.2) is 0 Å². The fraction of sp³-hybridized carbons (Fsp3) is 0.714. The van der Waals surface area contributed by atoms with Gasteiger partial charge < -0.3 is 10.6 Å². The van der Waals surface area contributed by atoms with Crippen molar-refractivity contribution in [3.8, 4) is 0 Å². The predicted molar refractivity (Wildman–Crippen MR) is 78.4 cm³/mol. The molecule has 1 aliphatic heterocycles. The number of nitrogens with one attached hydrogen (secondary N) is 2. The van der Waals surface area contributed by atoms with Gasteiger partial charge in [0, 0.05) is 4.88 Å². The maximum atomic E-state index is 12.3. The Hall–Kier alpha value is -0.940. The lowest BCUT2D eigenvalue weighted by atomic mass is 10.1. The highest BCUT2D eigenvalue weighted by atomic mass is 32.1. The zero-order valence-corrected chi connectivity index (χ0v) is 12.8. The largest absolute Gasteiger partial charge is 0.347 e. The molecule has 0 aliphatic carbocycles. The predicted octanol–water partition coefficient (Wildman–Crippen LogP) is 2.47. The van der Waals surface area contributed by atoms with E-state index in [1.807, 2.05) is 20.8 Å². The van der Waals surface area contributed by atoms with Gasteiger partial charge in [-0.15, -0.1) is 11.3 Å². The fourth-order valence-corrected chi connectivity index (χ4v) is 3.51. The number of thiazole rings is 1. The third-order valence-electron chi connectivity index (χ3n) is 3.57. The van der Waals surface area contributed by atoms with Gasteiger partial charge in [0.25, 0.3) is 0 Å². The lowest BCUT2D eigenvalue weighted by Crippen LogP contribution is -2.44. The summed E-state index contributed by atoms with van der Waals surface area (Å²) in [4.78, 5) is 17.8. The quantitative estimate of drug-likeness (QED) is 0.895. The molecule has 19 heavy (non-hydrogen) atoms. The van der Waals surface area contributed by atoms with Crippen molar-refractivity contribution >= 4 is 17.2 Å². The molecule has 0 bridgehead atoms. The van der Waals surface area contributed by atoms with Gasteiger partial charge in [-0.2, -0.15) is 0 Å². The first-order valence-electron chi connectivity index (χ1n) is 7.05. The summed E-state index contributed by atoms with van der Waals surface area (Å²) in [7, 11) is 0. The minimum absolute atomic E-state index is 0.0284. The fourth-order valence-electron chi connectivity index (χ4n) is 2.58.